The van der Waals surface area contributed by atoms with Gasteiger partial charge in [-0.3, -0.25) is 24.7 Å². The summed E-state index contributed by atoms with van der Waals surface area (Å²) in [5.41, 5.74) is 6.06. The fourth-order valence-corrected chi connectivity index (χ4v) is 7.18. The highest BCUT2D eigenvalue weighted by molar-refractivity contribution is 6.25. The Labute approximate surface area is 231 Å². The van der Waals surface area contributed by atoms with Crippen LogP contribution in [0.2, 0.25) is 0 Å². The SMILES string of the molecule is Cc1ccc(N2C(=O)[C@H]3C4c5ccccc5C(C=Nc5ccc([N+](=O)[O-])cc5)(c5ccccc54)[C@H]3C2=O)c(C)c1. The van der Waals surface area contributed by atoms with Crippen molar-refractivity contribution in [2.75, 3.05) is 4.90 Å². The van der Waals surface area contributed by atoms with Crippen LogP contribution in [0.4, 0.5) is 17.1 Å². The molecule has 8 rings (SSSR count). The molecule has 0 unspecified atom stereocenters. The van der Waals surface area contributed by atoms with Crippen molar-refractivity contribution < 1.29 is 14.5 Å². The molecular formula is C33H25N3O4. The number of anilines is 1. The number of benzene rings is 4. The van der Waals surface area contributed by atoms with E-state index in [9.17, 15) is 19.7 Å². The van der Waals surface area contributed by atoms with Crippen molar-refractivity contribution in [1.29, 1.82) is 0 Å². The van der Waals surface area contributed by atoms with E-state index in [1.165, 1.54) is 17.0 Å². The van der Waals surface area contributed by atoms with E-state index >= 15 is 0 Å². The summed E-state index contributed by atoms with van der Waals surface area (Å²) in [7, 11) is 0. The van der Waals surface area contributed by atoms with E-state index in [4.69, 9.17) is 4.99 Å². The second kappa shape index (κ2) is 8.55. The lowest BCUT2D eigenvalue weighted by Crippen LogP contribution is -2.54. The summed E-state index contributed by atoms with van der Waals surface area (Å²) in [4.78, 5) is 45.7. The molecule has 7 nitrogen and oxygen atoms in total. The number of rotatable bonds is 4. The molecule has 4 aliphatic rings. The van der Waals surface area contributed by atoms with Gasteiger partial charge < -0.3 is 0 Å². The highest BCUT2D eigenvalue weighted by atomic mass is 16.6. The fourth-order valence-electron chi connectivity index (χ4n) is 7.18. The molecule has 196 valence electrons. The average molecular weight is 528 g/mol. The third kappa shape index (κ3) is 3.14. The van der Waals surface area contributed by atoms with Crippen LogP contribution in [0.1, 0.15) is 39.3 Å². The van der Waals surface area contributed by atoms with Crippen LogP contribution in [0.15, 0.2) is 96.0 Å². The first-order valence-electron chi connectivity index (χ1n) is 13.3. The van der Waals surface area contributed by atoms with E-state index < -0.39 is 22.2 Å². The molecule has 0 spiro atoms. The topological polar surface area (TPSA) is 92.9 Å². The molecule has 2 bridgehead atoms. The number of hydrogen-bond acceptors (Lipinski definition) is 5. The van der Waals surface area contributed by atoms with E-state index in [2.05, 4.69) is 12.1 Å². The molecule has 4 aromatic carbocycles. The predicted molar refractivity (Wildman–Crippen MR) is 152 cm³/mol. The van der Waals surface area contributed by atoms with Crippen LogP contribution in [0, 0.1) is 35.8 Å². The van der Waals surface area contributed by atoms with Crippen LogP contribution in [0.3, 0.4) is 0 Å². The zero-order valence-corrected chi connectivity index (χ0v) is 21.9. The van der Waals surface area contributed by atoms with Gasteiger partial charge in [0.25, 0.3) is 5.69 Å². The second-order valence-electron chi connectivity index (χ2n) is 10.9. The summed E-state index contributed by atoms with van der Waals surface area (Å²) in [6.45, 7) is 3.91. The zero-order valence-electron chi connectivity index (χ0n) is 21.9. The highest BCUT2D eigenvalue weighted by Gasteiger charge is 2.68. The molecular weight excluding hydrogens is 502 g/mol. The second-order valence-corrected chi connectivity index (χ2v) is 10.9. The zero-order chi connectivity index (χ0) is 27.8. The summed E-state index contributed by atoms with van der Waals surface area (Å²) in [6, 6.07) is 27.8. The molecule has 0 saturated carbocycles. The Bertz CT molecular complexity index is 1730. The number of hydrogen-bond donors (Lipinski definition) is 0. The number of nitro groups is 1. The summed E-state index contributed by atoms with van der Waals surface area (Å²) < 4.78 is 0. The van der Waals surface area contributed by atoms with Crippen molar-refractivity contribution in [3.05, 3.63) is 134 Å². The Morgan fingerprint density at radius 2 is 1.48 bits per heavy atom. The van der Waals surface area contributed by atoms with E-state index in [1.54, 1.807) is 18.3 Å². The molecule has 1 fully saturated rings. The fraction of sp³-hybridized carbons (Fsp3) is 0.182. The van der Waals surface area contributed by atoms with Crippen molar-refractivity contribution in [2.24, 2.45) is 16.8 Å². The van der Waals surface area contributed by atoms with Gasteiger partial charge in [-0.05, 0) is 59.9 Å². The summed E-state index contributed by atoms with van der Waals surface area (Å²) >= 11 is 0. The van der Waals surface area contributed by atoms with Gasteiger partial charge in [-0.25, -0.2) is 4.90 Å². The standard InChI is InChI=1S/C33H25N3O4/c1-19-11-16-27(20(2)17-19)35-31(37)29-28-23-7-3-5-9-25(23)33(30(29)32(35)38,26-10-6-4-8-24(26)28)18-34-21-12-14-22(15-13-21)36(39)40/h3-18,28-30H,1-2H3/t28?,29-,30+,33?/m0/s1. The van der Waals surface area contributed by atoms with Gasteiger partial charge in [0, 0.05) is 24.3 Å². The Morgan fingerprint density at radius 3 is 2.08 bits per heavy atom. The minimum Gasteiger partial charge on any atom is -0.274 e. The predicted octanol–water partition coefficient (Wildman–Crippen LogP) is 6.16. The van der Waals surface area contributed by atoms with E-state index in [0.717, 1.165) is 33.4 Å². The first-order chi connectivity index (χ1) is 19.3. The Kier molecular flexibility index (Phi) is 5.16. The molecule has 1 heterocycles. The summed E-state index contributed by atoms with van der Waals surface area (Å²) in [5.74, 6) is -1.94. The maximum atomic E-state index is 14.5. The number of imide groups is 1. The molecule has 3 aliphatic carbocycles. The average Bonchev–Trinajstić information content (AvgIpc) is 3.23. The number of carbonyl (C=O) groups excluding carboxylic acids is 2. The molecule has 4 aromatic rings. The van der Waals surface area contributed by atoms with Crippen LogP contribution in [-0.2, 0) is 15.0 Å². The largest absolute Gasteiger partial charge is 0.274 e. The monoisotopic (exact) mass is 527 g/mol. The highest BCUT2D eigenvalue weighted by Crippen LogP contribution is 2.63. The van der Waals surface area contributed by atoms with Crippen molar-refractivity contribution in [3.8, 4) is 0 Å². The maximum absolute atomic E-state index is 14.5. The number of nitro benzene ring substituents is 1. The molecule has 0 aromatic heterocycles. The number of aryl methyl sites for hydroxylation is 2. The minimum atomic E-state index is -0.992. The van der Waals surface area contributed by atoms with Gasteiger partial charge in [0.15, 0.2) is 0 Å². The van der Waals surface area contributed by atoms with Gasteiger partial charge in [-0.2, -0.15) is 0 Å². The molecule has 1 saturated heterocycles. The van der Waals surface area contributed by atoms with Gasteiger partial charge in [0.2, 0.25) is 11.8 Å². The third-order valence-corrected chi connectivity index (χ3v) is 8.75. The van der Waals surface area contributed by atoms with Gasteiger partial charge >= 0.3 is 0 Å². The molecule has 1 aliphatic heterocycles. The first-order valence-corrected chi connectivity index (χ1v) is 13.3. The molecule has 2 atom stereocenters. The number of amides is 2. The Balaban J connectivity index is 1.47. The van der Waals surface area contributed by atoms with Crippen LogP contribution < -0.4 is 4.90 Å². The molecule has 0 N–H and O–H groups in total. The normalized spacial score (nSPS) is 24.2. The first kappa shape index (κ1) is 24.2. The van der Waals surface area contributed by atoms with E-state index in [1.807, 2.05) is 68.4 Å². The van der Waals surface area contributed by atoms with Crippen LogP contribution in [0.5, 0.6) is 0 Å². The molecule has 2 amide bonds. The van der Waals surface area contributed by atoms with Crippen LogP contribution in [0.25, 0.3) is 0 Å². The van der Waals surface area contributed by atoms with Crippen molar-refractivity contribution in [2.45, 2.75) is 25.2 Å². The van der Waals surface area contributed by atoms with Crippen molar-refractivity contribution in [3.63, 3.8) is 0 Å². The minimum absolute atomic E-state index is 0.0216. The van der Waals surface area contributed by atoms with Gasteiger partial charge in [-0.1, -0.05) is 66.2 Å². The molecule has 7 heteroatoms. The van der Waals surface area contributed by atoms with Gasteiger partial charge in [0.1, 0.15) is 0 Å². The van der Waals surface area contributed by atoms with E-state index in [0.29, 0.717) is 11.4 Å². The van der Waals surface area contributed by atoms with Crippen LogP contribution in [-0.4, -0.2) is 23.0 Å². The lowest BCUT2D eigenvalue weighted by atomic mass is 9.47. The number of carbonyl (C=O) groups is 2. The lowest BCUT2D eigenvalue weighted by Gasteiger charge is -2.52. The van der Waals surface area contributed by atoms with Crippen LogP contribution >= 0.6 is 0 Å². The van der Waals surface area contributed by atoms with Gasteiger partial charge in [-0.15, -0.1) is 0 Å². The van der Waals surface area contributed by atoms with E-state index in [-0.39, 0.29) is 23.4 Å². The third-order valence-electron chi connectivity index (χ3n) is 8.75. The maximum Gasteiger partial charge on any atom is 0.269 e. The van der Waals surface area contributed by atoms with Gasteiger partial charge in [0.05, 0.1) is 33.5 Å². The van der Waals surface area contributed by atoms with Crippen molar-refractivity contribution >= 4 is 35.1 Å². The van der Waals surface area contributed by atoms with Crippen molar-refractivity contribution in [1.82, 2.24) is 0 Å². The number of aliphatic imine (C=N–C) groups is 1. The summed E-state index contributed by atoms with van der Waals surface area (Å²) in [6.07, 6.45) is 1.80. The molecule has 0 radical (unpaired) electrons. The number of nitrogens with zero attached hydrogens (tertiary/aromatic N) is 3. The smallest absolute Gasteiger partial charge is 0.269 e. The quantitative estimate of drug-likeness (QED) is 0.137. The molecule has 40 heavy (non-hydrogen) atoms. The summed E-state index contributed by atoms with van der Waals surface area (Å²) in [5, 5.41) is 11.2. The number of non-ortho nitro benzene ring substituents is 1. The Hall–Kier alpha value is -4.91. The Morgan fingerprint density at radius 1 is 0.850 bits per heavy atom. The lowest BCUT2D eigenvalue weighted by molar-refractivity contribution is -0.384.